The second-order valence-corrected chi connectivity index (χ2v) is 11.5. The van der Waals surface area contributed by atoms with Crippen LogP contribution in [0, 0.1) is 0 Å². The molecule has 0 radical (unpaired) electrons. The highest BCUT2D eigenvalue weighted by atomic mass is 19.4. The predicted octanol–water partition coefficient (Wildman–Crippen LogP) is 5.57. The number of piperidine rings is 1. The Morgan fingerprint density at radius 1 is 1.02 bits per heavy atom. The van der Waals surface area contributed by atoms with Gasteiger partial charge in [0.25, 0.3) is 0 Å². The van der Waals surface area contributed by atoms with Crippen molar-refractivity contribution in [1.29, 1.82) is 0 Å². The number of hydrogen-bond acceptors (Lipinski definition) is 6. The van der Waals surface area contributed by atoms with Crippen LogP contribution in [0.5, 0.6) is 11.5 Å². The molecule has 2 aromatic rings. The van der Waals surface area contributed by atoms with Crippen LogP contribution in [0.2, 0.25) is 0 Å². The summed E-state index contributed by atoms with van der Waals surface area (Å²) in [6.45, 7) is -0.372. The van der Waals surface area contributed by atoms with Crippen LogP contribution in [0.4, 0.5) is 23.7 Å². The molecule has 2 fully saturated rings. The lowest BCUT2D eigenvalue weighted by Crippen LogP contribution is -2.50. The van der Waals surface area contributed by atoms with Gasteiger partial charge in [-0.05, 0) is 64.8 Å². The number of amides is 2. The Morgan fingerprint density at radius 2 is 1.74 bits per heavy atom. The summed E-state index contributed by atoms with van der Waals surface area (Å²) in [6, 6.07) is 12.8. The maximum absolute atomic E-state index is 13.3. The zero-order chi connectivity index (χ0) is 29.9. The molecular weight excluding hydrogens is 551 g/mol. The number of hydrogen-bond donors (Lipinski definition) is 0. The van der Waals surface area contributed by atoms with Crippen LogP contribution in [0.15, 0.2) is 42.5 Å². The lowest BCUT2D eigenvalue weighted by Gasteiger charge is -2.40. The summed E-state index contributed by atoms with van der Waals surface area (Å²) in [6.07, 6.45) is -0.192. The molecule has 5 rings (SSSR count). The highest BCUT2D eigenvalue weighted by Crippen LogP contribution is 2.34. The zero-order valence-electron chi connectivity index (χ0n) is 24.1. The van der Waals surface area contributed by atoms with Crippen molar-refractivity contribution in [3.8, 4) is 11.5 Å². The van der Waals surface area contributed by atoms with Crippen molar-refractivity contribution >= 4 is 17.7 Å². The smallest absolute Gasteiger partial charge is 0.422 e. The number of fused-ring (bicyclic) bond motifs is 1. The minimum absolute atomic E-state index is 0.00251. The highest BCUT2D eigenvalue weighted by molar-refractivity contribution is 5.91. The first-order valence-corrected chi connectivity index (χ1v) is 14.5. The van der Waals surface area contributed by atoms with Gasteiger partial charge in [-0.3, -0.25) is 9.69 Å². The Kier molecular flexibility index (Phi) is 9.15. The molecule has 11 heteroatoms. The van der Waals surface area contributed by atoms with E-state index in [2.05, 4.69) is 19.0 Å². The van der Waals surface area contributed by atoms with Crippen LogP contribution < -0.4 is 14.4 Å². The van der Waals surface area contributed by atoms with Crippen LogP contribution in [-0.4, -0.2) is 80.0 Å². The summed E-state index contributed by atoms with van der Waals surface area (Å²) in [5, 5.41) is 0. The molecule has 0 atom stereocenters. The van der Waals surface area contributed by atoms with Gasteiger partial charge in [0.15, 0.2) is 6.61 Å². The first kappa shape index (κ1) is 30.0. The van der Waals surface area contributed by atoms with E-state index in [1.165, 1.54) is 6.07 Å². The number of anilines is 1. The summed E-state index contributed by atoms with van der Waals surface area (Å²) >= 11 is 0. The maximum Gasteiger partial charge on any atom is 0.422 e. The van der Waals surface area contributed by atoms with Crippen molar-refractivity contribution in [2.75, 3.05) is 38.7 Å². The summed E-state index contributed by atoms with van der Waals surface area (Å²) in [5.74, 6) is 0.233. The number of likely N-dealkylation sites (tertiary alicyclic amines) is 1. The lowest BCUT2D eigenvalue weighted by molar-refractivity contribution is -0.153. The van der Waals surface area contributed by atoms with Crippen LogP contribution >= 0.6 is 0 Å². The average molecular weight is 590 g/mol. The van der Waals surface area contributed by atoms with Gasteiger partial charge in [-0.1, -0.05) is 24.3 Å². The molecule has 1 saturated heterocycles. The third-order valence-electron chi connectivity index (χ3n) is 8.43. The fraction of sp³-hybridized carbons (Fsp3) is 0.548. The van der Waals surface area contributed by atoms with Crippen molar-refractivity contribution in [2.24, 2.45) is 0 Å². The maximum atomic E-state index is 13.3. The molecule has 228 valence electrons. The van der Waals surface area contributed by atoms with E-state index in [1.807, 2.05) is 24.3 Å². The number of nitrogens with zero attached hydrogens (tertiary/aromatic N) is 3. The minimum Gasteiger partial charge on any atom is -0.490 e. The predicted molar refractivity (Wildman–Crippen MR) is 151 cm³/mol. The molecule has 2 heterocycles. The van der Waals surface area contributed by atoms with Gasteiger partial charge in [0.2, 0.25) is 5.91 Å². The van der Waals surface area contributed by atoms with E-state index >= 15 is 0 Å². The Morgan fingerprint density at radius 3 is 2.43 bits per heavy atom. The molecule has 0 spiro atoms. The third-order valence-corrected chi connectivity index (χ3v) is 8.43. The topological polar surface area (TPSA) is 71.6 Å². The first-order chi connectivity index (χ1) is 20.1. The van der Waals surface area contributed by atoms with E-state index in [1.54, 1.807) is 21.9 Å². The van der Waals surface area contributed by atoms with E-state index in [-0.39, 0.29) is 36.8 Å². The lowest BCUT2D eigenvalue weighted by atomic mass is 9.92. The van der Waals surface area contributed by atoms with Gasteiger partial charge in [0, 0.05) is 42.4 Å². The molecule has 0 aromatic heterocycles. The van der Waals surface area contributed by atoms with Crippen LogP contribution in [0.1, 0.15) is 49.7 Å². The Balaban J connectivity index is 1.22. The Labute approximate surface area is 244 Å². The third kappa shape index (κ3) is 7.29. The van der Waals surface area contributed by atoms with Gasteiger partial charge in [0.05, 0.1) is 18.2 Å². The van der Waals surface area contributed by atoms with E-state index in [0.29, 0.717) is 43.3 Å². The monoisotopic (exact) mass is 589 g/mol. The number of benzene rings is 2. The van der Waals surface area contributed by atoms with E-state index in [0.717, 1.165) is 36.9 Å². The average Bonchev–Trinajstić information content (AvgIpc) is 2.97. The normalized spacial score (nSPS) is 21.6. The zero-order valence-corrected chi connectivity index (χ0v) is 24.1. The largest absolute Gasteiger partial charge is 0.490 e. The SMILES string of the molecule is CN(C)C1CCC(Oc2ccc(CC(=O)N3CCC(N4C(=O)OCc5ccccc54)CC3)c(OCC(F)(F)F)c2)CC1. The number of para-hydroxylation sites is 1. The van der Waals surface area contributed by atoms with Gasteiger partial charge in [-0.2, -0.15) is 13.2 Å². The molecule has 2 amide bonds. The molecule has 3 aliphatic rings. The molecule has 1 saturated carbocycles. The minimum atomic E-state index is -4.52. The van der Waals surface area contributed by atoms with Gasteiger partial charge < -0.3 is 24.0 Å². The Hall–Kier alpha value is -3.47. The first-order valence-electron chi connectivity index (χ1n) is 14.5. The van der Waals surface area contributed by atoms with Crippen molar-refractivity contribution in [2.45, 2.75) is 75.9 Å². The van der Waals surface area contributed by atoms with E-state index in [4.69, 9.17) is 14.2 Å². The van der Waals surface area contributed by atoms with Gasteiger partial charge in [-0.25, -0.2) is 4.79 Å². The Bertz CT molecular complexity index is 1250. The summed E-state index contributed by atoms with van der Waals surface area (Å²) < 4.78 is 55.8. The fourth-order valence-electron chi connectivity index (χ4n) is 6.09. The van der Waals surface area contributed by atoms with Crippen LogP contribution in [-0.2, 0) is 22.6 Å². The van der Waals surface area contributed by atoms with Gasteiger partial charge in [0.1, 0.15) is 18.1 Å². The molecular formula is C31H38F3N3O5. The van der Waals surface area contributed by atoms with E-state index in [9.17, 15) is 22.8 Å². The fourth-order valence-corrected chi connectivity index (χ4v) is 6.09. The quantitative estimate of drug-likeness (QED) is 0.401. The van der Waals surface area contributed by atoms with E-state index < -0.39 is 18.9 Å². The second-order valence-electron chi connectivity index (χ2n) is 11.5. The van der Waals surface area contributed by atoms with Crippen molar-refractivity contribution in [3.63, 3.8) is 0 Å². The number of ether oxygens (including phenoxy) is 3. The summed E-state index contributed by atoms with van der Waals surface area (Å²) in [5.41, 5.74) is 2.15. The standard InChI is InChI=1S/C31H38F3N3O5/c1-35(2)23-8-11-25(12-9-23)42-26-10-7-21(28(18-26)41-20-31(32,33)34)17-29(38)36-15-13-24(14-16-36)37-27-6-4-3-5-22(27)19-40-30(37)39/h3-7,10,18,23-25H,8-9,11-17,19-20H2,1-2H3. The molecule has 1 aliphatic carbocycles. The number of rotatable bonds is 8. The number of carbonyl (C=O) groups excluding carboxylic acids is 2. The number of cyclic esters (lactones) is 1. The molecule has 8 nitrogen and oxygen atoms in total. The van der Waals surface area contributed by atoms with Gasteiger partial charge in [-0.15, -0.1) is 0 Å². The van der Waals surface area contributed by atoms with Crippen LogP contribution in [0.3, 0.4) is 0 Å². The molecule has 0 bridgehead atoms. The van der Waals surface area contributed by atoms with Gasteiger partial charge >= 0.3 is 12.3 Å². The van der Waals surface area contributed by atoms with Crippen LogP contribution in [0.25, 0.3) is 0 Å². The molecule has 0 N–H and O–H groups in total. The number of halogens is 3. The molecule has 2 aromatic carbocycles. The molecule has 42 heavy (non-hydrogen) atoms. The summed E-state index contributed by atoms with van der Waals surface area (Å²) in [4.78, 5) is 31.4. The number of alkyl halides is 3. The highest BCUT2D eigenvalue weighted by Gasteiger charge is 2.35. The summed E-state index contributed by atoms with van der Waals surface area (Å²) in [7, 11) is 4.12. The van der Waals surface area contributed by atoms with Crippen molar-refractivity contribution in [1.82, 2.24) is 9.80 Å². The number of carbonyl (C=O) groups is 2. The second kappa shape index (κ2) is 12.8. The van der Waals surface area contributed by atoms with Crippen molar-refractivity contribution < 1.29 is 37.0 Å². The molecule has 2 aliphatic heterocycles. The molecule has 0 unspecified atom stereocenters. The van der Waals surface area contributed by atoms with Crippen molar-refractivity contribution in [3.05, 3.63) is 53.6 Å².